The van der Waals surface area contributed by atoms with E-state index in [4.69, 9.17) is 0 Å². The van der Waals surface area contributed by atoms with E-state index >= 15 is 0 Å². The molecule has 0 spiro atoms. The normalized spacial score (nSPS) is 27.6. The summed E-state index contributed by atoms with van der Waals surface area (Å²) in [6, 6.07) is 8.23. The van der Waals surface area contributed by atoms with Gasteiger partial charge in [-0.2, -0.15) is 0 Å². The first-order valence-electron chi connectivity index (χ1n) is 5.70. The third-order valence-electron chi connectivity index (χ3n) is 3.50. The third-order valence-corrected chi connectivity index (χ3v) is 3.50. The Hall–Kier alpha value is -1.42. The minimum Gasteiger partial charge on any atom is -0.479 e. The average Bonchev–Trinajstić information content (AvgIpc) is 2.76. The second-order valence-electron chi connectivity index (χ2n) is 4.54. The molecular weight excluding hydrogens is 223 g/mol. The van der Waals surface area contributed by atoms with Gasteiger partial charge in [-0.1, -0.05) is 30.3 Å². The standard InChI is InChI=1S/C13H15FO3/c14-11-7-6-10(8-11)13(17,12(15)16)9-4-2-1-3-5-9/h1-5,10-11,17H,6-8H2,(H,15,16)/t10-,11-,13-/m0/s1. The zero-order valence-electron chi connectivity index (χ0n) is 9.34. The highest BCUT2D eigenvalue weighted by molar-refractivity contribution is 5.79. The first kappa shape index (κ1) is 12.0. The fourth-order valence-corrected chi connectivity index (χ4v) is 2.53. The molecule has 0 unspecified atom stereocenters. The number of hydrogen-bond donors (Lipinski definition) is 2. The zero-order valence-corrected chi connectivity index (χ0v) is 9.34. The van der Waals surface area contributed by atoms with Crippen molar-refractivity contribution in [1.82, 2.24) is 0 Å². The van der Waals surface area contributed by atoms with Gasteiger partial charge < -0.3 is 10.2 Å². The molecule has 1 fully saturated rings. The van der Waals surface area contributed by atoms with Gasteiger partial charge in [0, 0.05) is 5.92 Å². The van der Waals surface area contributed by atoms with Crippen LogP contribution in [-0.2, 0) is 10.4 Å². The Morgan fingerprint density at radius 2 is 1.94 bits per heavy atom. The maximum Gasteiger partial charge on any atom is 0.340 e. The van der Waals surface area contributed by atoms with Crippen molar-refractivity contribution in [1.29, 1.82) is 0 Å². The molecule has 0 radical (unpaired) electrons. The number of halogens is 1. The quantitative estimate of drug-likeness (QED) is 0.847. The molecule has 1 saturated carbocycles. The molecule has 1 aromatic carbocycles. The number of alkyl halides is 1. The van der Waals surface area contributed by atoms with Crippen LogP contribution in [0.5, 0.6) is 0 Å². The SMILES string of the molecule is O=C(O)[C@](O)(c1ccccc1)[C@H]1CC[C@H](F)C1. The molecule has 2 rings (SSSR count). The number of aliphatic hydroxyl groups is 1. The van der Waals surface area contributed by atoms with Crippen LogP contribution in [0.1, 0.15) is 24.8 Å². The van der Waals surface area contributed by atoms with E-state index in [2.05, 4.69) is 0 Å². The molecule has 1 aliphatic carbocycles. The first-order valence-corrected chi connectivity index (χ1v) is 5.70. The lowest BCUT2D eigenvalue weighted by molar-refractivity contribution is -0.166. The van der Waals surface area contributed by atoms with Crippen LogP contribution >= 0.6 is 0 Å². The molecule has 4 heteroatoms. The summed E-state index contributed by atoms with van der Waals surface area (Å²) in [4.78, 5) is 11.3. The van der Waals surface area contributed by atoms with E-state index in [0.717, 1.165) is 0 Å². The lowest BCUT2D eigenvalue weighted by atomic mass is 9.80. The van der Waals surface area contributed by atoms with E-state index in [0.29, 0.717) is 18.4 Å². The van der Waals surface area contributed by atoms with Crippen molar-refractivity contribution in [3.63, 3.8) is 0 Å². The molecule has 1 aliphatic rings. The molecule has 0 aliphatic heterocycles. The lowest BCUT2D eigenvalue weighted by Crippen LogP contribution is -2.42. The Balaban J connectivity index is 2.37. The van der Waals surface area contributed by atoms with E-state index < -0.39 is 23.7 Å². The number of carbonyl (C=O) groups is 1. The summed E-state index contributed by atoms with van der Waals surface area (Å²) in [5.41, 5.74) is -1.64. The Bertz CT molecular complexity index is 406. The Morgan fingerprint density at radius 1 is 1.29 bits per heavy atom. The van der Waals surface area contributed by atoms with Gasteiger partial charge in [0.25, 0.3) is 0 Å². The molecule has 0 saturated heterocycles. The van der Waals surface area contributed by atoms with E-state index in [9.17, 15) is 19.4 Å². The van der Waals surface area contributed by atoms with E-state index in [-0.39, 0.29) is 6.42 Å². The number of carboxylic acid groups (broad SMARTS) is 1. The van der Waals surface area contributed by atoms with Gasteiger partial charge in [-0.25, -0.2) is 9.18 Å². The van der Waals surface area contributed by atoms with Gasteiger partial charge in [-0.05, 0) is 24.8 Å². The number of aliphatic carboxylic acids is 1. The van der Waals surface area contributed by atoms with Gasteiger partial charge in [-0.3, -0.25) is 0 Å². The summed E-state index contributed by atoms with van der Waals surface area (Å²) in [5.74, 6) is -1.86. The summed E-state index contributed by atoms with van der Waals surface area (Å²) in [6.07, 6.45) is -0.168. The minimum atomic E-state index is -1.97. The molecule has 3 atom stereocenters. The van der Waals surface area contributed by atoms with Crippen LogP contribution in [-0.4, -0.2) is 22.4 Å². The van der Waals surface area contributed by atoms with Crippen molar-refractivity contribution in [3.05, 3.63) is 35.9 Å². The number of benzene rings is 1. The van der Waals surface area contributed by atoms with Gasteiger partial charge in [0.05, 0.1) is 0 Å². The molecule has 92 valence electrons. The Morgan fingerprint density at radius 3 is 2.41 bits per heavy atom. The summed E-state index contributed by atoms with van der Waals surface area (Å²) >= 11 is 0. The molecule has 0 bridgehead atoms. The highest BCUT2D eigenvalue weighted by atomic mass is 19.1. The predicted octanol–water partition coefficient (Wildman–Crippen LogP) is 2.10. The smallest absolute Gasteiger partial charge is 0.340 e. The van der Waals surface area contributed by atoms with Crippen LogP contribution in [0.4, 0.5) is 4.39 Å². The molecule has 1 aromatic rings. The maximum absolute atomic E-state index is 13.2. The molecule has 17 heavy (non-hydrogen) atoms. The van der Waals surface area contributed by atoms with Crippen LogP contribution in [0.25, 0.3) is 0 Å². The van der Waals surface area contributed by atoms with Crippen molar-refractivity contribution < 1.29 is 19.4 Å². The van der Waals surface area contributed by atoms with Crippen LogP contribution < -0.4 is 0 Å². The van der Waals surface area contributed by atoms with Gasteiger partial charge in [0.1, 0.15) is 6.17 Å². The van der Waals surface area contributed by atoms with Crippen molar-refractivity contribution in [2.45, 2.75) is 31.0 Å². The molecule has 2 N–H and O–H groups in total. The van der Waals surface area contributed by atoms with Crippen molar-refractivity contribution in [3.8, 4) is 0 Å². The van der Waals surface area contributed by atoms with Gasteiger partial charge >= 0.3 is 5.97 Å². The summed E-state index contributed by atoms with van der Waals surface area (Å²) in [7, 11) is 0. The fraction of sp³-hybridized carbons (Fsp3) is 0.462. The molecule has 3 nitrogen and oxygen atoms in total. The third kappa shape index (κ3) is 2.05. The van der Waals surface area contributed by atoms with Gasteiger partial charge in [-0.15, -0.1) is 0 Å². The highest BCUT2D eigenvalue weighted by Gasteiger charge is 2.48. The van der Waals surface area contributed by atoms with Crippen molar-refractivity contribution >= 4 is 5.97 Å². The first-order chi connectivity index (χ1) is 8.05. The average molecular weight is 238 g/mol. The van der Waals surface area contributed by atoms with Crippen LogP contribution in [0.15, 0.2) is 30.3 Å². The Labute approximate surface area is 98.9 Å². The van der Waals surface area contributed by atoms with Crippen LogP contribution in [0.3, 0.4) is 0 Å². The van der Waals surface area contributed by atoms with E-state index in [1.807, 2.05) is 0 Å². The summed E-state index contributed by atoms with van der Waals surface area (Å²) in [6.45, 7) is 0. The molecule has 0 amide bonds. The van der Waals surface area contributed by atoms with Crippen LogP contribution in [0.2, 0.25) is 0 Å². The Kier molecular flexibility index (Phi) is 3.15. The van der Waals surface area contributed by atoms with Crippen LogP contribution in [0, 0.1) is 5.92 Å². The second-order valence-corrected chi connectivity index (χ2v) is 4.54. The monoisotopic (exact) mass is 238 g/mol. The lowest BCUT2D eigenvalue weighted by Gasteiger charge is -2.30. The highest BCUT2D eigenvalue weighted by Crippen LogP contribution is 2.41. The zero-order chi connectivity index (χ0) is 12.5. The minimum absolute atomic E-state index is 0.109. The molecule has 0 aromatic heterocycles. The number of hydrogen-bond acceptors (Lipinski definition) is 2. The van der Waals surface area contributed by atoms with E-state index in [1.165, 1.54) is 0 Å². The second kappa shape index (κ2) is 4.45. The van der Waals surface area contributed by atoms with Crippen molar-refractivity contribution in [2.24, 2.45) is 5.92 Å². The summed E-state index contributed by atoms with van der Waals surface area (Å²) in [5, 5.41) is 19.7. The fourth-order valence-electron chi connectivity index (χ4n) is 2.53. The maximum atomic E-state index is 13.2. The van der Waals surface area contributed by atoms with Crippen molar-refractivity contribution in [2.75, 3.05) is 0 Å². The van der Waals surface area contributed by atoms with E-state index in [1.54, 1.807) is 30.3 Å². The summed E-state index contributed by atoms with van der Waals surface area (Å²) < 4.78 is 13.2. The molecular formula is C13H15FO3. The number of rotatable bonds is 3. The number of carboxylic acids is 1. The largest absolute Gasteiger partial charge is 0.479 e. The van der Waals surface area contributed by atoms with Gasteiger partial charge in [0.15, 0.2) is 5.60 Å². The topological polar surface area (TPSA) is 57.5 Å². The predicted molar refractivity (Wildman–Crippen MR) is 60.2 cm³/mol. The van der Waals surface area contributed by atoms with Gasteiger partial charge in [0.2, 0.25) is 0 Å². The molecule has 0 heterocycles.